The third kappa shape index (κ3) is 3.65. The first-order chi connectivity index (χ1) is 13.6. The Labute approximate surface area is 177 Å². The minimum atomic E-state index is 0.491. The fourth-order valence-corrected chi connectivity index (χ4v) is 4.39. The molecule has 2 aromatic heterocycles. The van der Waals surface area contributed by atoms with Crippen LogP contribution in [0.1, 0.15) is 11.8 Å². The van der Waals surface area contributed by atoms with Gasteiger partial charge in [0.2, 0.25) is 0 Å². The van der Waals surface area contributed by atoms with Crippen LogP contribution >= 0.6 is 34.5 Å². The average molecular weight is 430 g/mol. The number of fused-ring (bicyclic) bond motifs is 1. The second kappa shape index (κ2) is 7.95. The summed E-state index contributed by atoms with van der Waals surface area (Å²) in [4.78, 5) is 11.1. The molecule has 0 amide bonds. The molecule has 0 fully saturated rings. The summed E-state index contributed by atoms with van der Waals surface area (Å²) in [7, 11) is 0. The van der Waals surface area contributed by atoms with Crippen LogP contribution < -0.4 is 10.1 Å². The summed E-state index contributed by atoms with van der Waals surface area (Å²) in [6, 6.07) is 13.5. The van der Waals surface area contributed by atoms with E-state index in [9.17, 15) is 0 Å². The van der Waals surface area contributed by atoms with E-state index in [0.717, 1.165) is 38.6 Å². The smallest absolute Gasteiger partial charge is 0.143 e. The second-order valence-corrected chi connectivity index (χ2v) is 8.16. The first-order valence-corrected chi connectivity index (χ1v) is 10.3. The van der Waals surface area contributed by atoms with Crippen LogP contribution in [0.4, 0.5) is 11.5 Å². The van der Waals surface area contributed by atoms with Gasteiger partial charge >= 0.3 is 0 Å². The standard InChI is InChI=1S/C21H17Cl2N3OS/c1-3-27-15-7-4-13(5-8-15)18-12(2)28-21-19(18)20(24-11-25-21)26-14-6-9-16(22)17(23)10-14/h4-11H,3H2,1-2H3,(H,24,25,26). The number of hydrogen-bond donors (Lipinski definition) is 1. The van der Waals surface area contributed by atoms with E-state index in [1.54, 1.807) is 29.8 Å². The molecule has 4 aromatic rings. The molecule has 142 valence electrons. The highest BCUT2D eigenvalue weighted by Gasteiger charge is 2.17. The molecule has 2 aromatic carbocycles. The van der Waals surface area contributed by atoms with E-state index in [-0.39, 0.29) is 0 Å². The van der Waals surface area contributed by atoms with Gasteiger partial charge < -0.3 is 10.1 Å². The van der Waals surface area contributed by atoms with Crippen molar-refractivity contribution in [3.8, 4) is 16.9 Å². The van der Waals surface area contributed by atoms with E-state index in [2.05, 4.69) is 34.3 Å². The van der Waals surface area contributed by atoms with Gasteiger partial charge in [-0.1, -0.05) is 35.3 Å². The maximum Gasteiger partial charge on any atom is 0.143 e. The van der Waals surface area contributed by atoms with Crippen LogP contribution in [0.5, 0.6) is 5.75 Å². The minimum Gasteiger partial charge on any atom is -0.494 e. The third-order valence-corrected chi connectivity index (χ3v) is 6.05. The lowest BCUT2D eigenvalue weighted by Gasteiger charge is -2.10. The highest BCUT2D eigenvalue weighted by molar-refractivity contribution is 7.19. The fourth-order valence-electron chi connectivity index (χ4n) is 3.08. The van der Waals surface area contributed by atoms with Crippen molar-refractivity contribution < 1.29 is 4.74 Å². The Kier molecular flexibility index (Phi) is 5.40. The van der Waals surface area contributed by atoms with Gasteiger partial charge in [0.15, 0.2) is 0 Å². The molecule has 4 rings (SSSR count). The lowest BCUT2D eigenvalue weighted by Crippen LogP contribution is -1.96. The number of nitrogens with zero attached hydrogens (tertiary/aromatic N) is 2. The van der Waals surface area contributed by atoms with Gasteiger partial charge in [-0.25, -0.2) is 9.97 Å². The minimum absolute atomic E-state index is 0.491. The van der Waals surface area contributed by atoms with Crippen LogP contribution in [0.3, 0.4) is 0 Å². The molecule has 4 nitrogen and oxygen atoms in total. The normalized spacial score (nSPS) is 11.0. The SMILES string of the molecule is CCOc1ccc(-c2c(C)sc3ncnc(Nc4ccc(Cl)c(Cl)c4)c23)cc1. The van der Waals surface area contributed by atoms with Crippen molar-refractivity contribution in [3.63, 3.8) is 0 Å². The first kappa shape index (κ1) is 19.0. The summed E-state index contributed by atoms with van der Waals surface area (Å²) in [6.45, 7) is 4.72. The van der Waals surface area contributed by atoms with E-state index >= 15 is 0 Å². The van der Waals surface area contributed by atoms with Gasteiger partial charge in [0.05, 0.1) is 22.0 Å². The summed E-state index contributed by atoms with van der Waals surface area (Å²) in [6.07, 6.45) is 1.57. The highest BCUT2D eigenvalue weighted by atomic mass is 35.5. The van der Waals surface area contributed by atoms with E-state index in [1.165, 1.54) is 4.88 Å². The summed E-state index contributed by atoms with van der Waals surface area (Å²) in [5.41, 5.74) is 3.03. The van der Waals surface area contributed by atoms with E-state index in [0.29, 0.717) is 16.7 Å². The lowest BCUT2D eigenvalue weighted by atomic mass is 10.0. The Bertz CT molecular complexity index is 1140. The highest BCUT2D eigenvalue weighted by Crippen LogP contribution is 2.41. The van der Waals surface area contributed by atoms with E-state index in [4.69, 9.17) is 27.9 Å². The van der Waals surface area contributed by atoms with Crippen molar-refractivity contribution in [2.75, 3.05) is 11.9 Å². The van der Waals surface area contributed by atoms with Gasteiger partial charge in [-0.3, -0.25) is 0 Å². The summed E-state index contributed by atoms with van der Waals surface area (Å²) >= 11 is 13.8. The van der Waals surface area contributed by atoms with Crippen molar-refractivity contribution in [2.45, 2.75) is 13.8 Å². The van der Waals surface area contributed by atoms with Crippen LogP contribution in [0.2, 0.25) is 10.0 Å². The molecule has 0 saturated heterocycles. The Morgan fingerprint density at radius 3 is 2.54 bits per heavy atom. The number of nitrogens with one attached hydrogen (secondary N) is 1. The number of thiophene rings is 1. The summed E-state index contributed by atoms with van der Waals surface area (Å²) in [5, 5.41) is 5.35. The molecular weight excluding hydrogens is 413 g/mol. The number of halogens is 2. The van der Waals surface area contributed by atoms with Crippen LogP contribution in [-0.4, -0.2) is 16.6 Å². The Morgan fingerprint density at radius 2 is 1.82 bits per heavy atom. The molecule has 1 N–H and O–H groups in total. The van der Waals surface area contributed by atoms with Gasteiger partial charge in [-0.2, -0.15) is 0 Å². The van der Waals surface area contributed by atoms with Crippen molar-refractivity contribution in [1.82, 2.24) is 9.97 Å². The number of aryl methyl sites for hydroxylation is 1. The predicted molar refractivity (Wildman–Crippen MR) is 119 cm³/mol. The zero-order valence-corrected chi connectivity index (χ0v) is 17.6. The van der Waals surface area contributed by atoms with Gasteiger partial charge in [-0.05, 0) is 49.7 Å². The lowest BCUT2D eigenvalue weighted by molar-refractivity contribution is 0.340. The molecule has 0 saturated carbocycles. The van der Waals surface area contributed by atoms with Gasteiger partial charge in [0.1, 0.15) is 22.7 Å². The first-order valence-electron chi connectivity index (χ1n) is 8.76. The largest absolute Gasteiger partial charge is 0.494 e. The molecule has 0 unspecified atom stereocenters. The van der Waals surface area contributed by atoms with Crippen molar-refractivity contribution >= 4 is 56.3 Å². The van der Waals surface area contributed by atoms with Crippen LogP contribution in [0.25, 0.3) is 21.3 Å². The summed E-state index contributed by atoms with van der Waals surface area (Å²) in [5.74, 6) is 1.59. The van der Waals surface area contributed by atoms with E-state index < -0.39 is 0 Å². The number of aromatic nitrogens is 2. The zero-order valence-electron chi connectivity index (χ0n) is 15.3. The Morgan fingerprint density at radius 1 is 1.04 bits per heavy atom. The number of anilines is 2. The summed E-state index contributed by atoms with van der Waals surface area (Å²) < 4.78 is 5.56. The Balaban J connectivity index is 1.81. The molecule has 0 radical (unpaired) electrons. The number of ether oxygens (including phenoxy) is 1. The van der Waals surface area contributed by atoms with Crippen molar-refractivity contribution in [1.29, 1.82) is 0 Å². The van der Waals surface area contributed by atoms with Crippen molar-refractivity contribution in [2.24, 2.45) is 0 Å². The fraction of sp³-hybridized carbons (Fsp3) is 0.143. The van der Waals surface area contributed by atoms with Gasteiger partial charge in [0.25, 0.3) is 0 Å². The molecular formula is C21H17Cl2N3OS. The molecule has 0 aliphatic carbocycles. The molecule has 0 aliphatic rings. The Hall–Kier alpha value is -2.34. The van der Waals surface area contributed by atoms with Crippen LogP contribution in [-0.2, 0) is 0 Å². The number of benzene rings is 2. The molecule has 28 heavy (non-hydrogen) atoms. The maximum absolute atomic E-state index is 6.16. The predicted octanol–water partition coefficient (Wildman–Crippen LogP) is 7.12. The quantitative estimate of drug-likeness (QED) is 0.366. The van der Waals surface area contributed by atoms with E-state index in [1.807, 2.05) is 25.1 Å². The molecule has 2 heterocycles. The molecule has 7 heteroatoms. The van der Waals surface area contributed by atoms with Crippen LogP contribution in [0, 0.1) is 6.92 Å². The topological polar surface area (TPSA) is 47.0 Å². The molecule has 0 aliphatic heterocycles. The van der Waals surface area contributed by atoms with Crippen molar-refractivity contribution in [3.05, 3.63) is 63.7 Å². The average Bonchev–Trinajstić information content (AvgIpc) is 3.02. The maximum atomic E-state index is 6.16. The zero-order chi connectivity index (χ0) is 19.7. The third-order valence-electron chi connectivity index (χ3n) is 4.30. The monoisotopic (exact) mass is 429 g/mol. The molecule has 0 bridgehead atoms. The van der Waals surface area contributed by atoms with Crippen LogP contribution in [0.15, 0.2) is 48.8 Å². The van der Waals surface area contributed by atoms with Gasteiger partial charge in [-0.15, -0.1) is 11.3 Å². The van der Waals surface area contributed by atoms with Gasteiger partial charge in [0, 0.05) is 16.1 Å². The second-order valence-electron chi connectivity index (χ2n) is 6.15. The number of rotatable bonds is 5. The molecule has 0 atom stereocenters. The number of hydrogen-bond acceptors (Lipinski definition) is 5. The molecule has 0 spiro atoms.